The molecule has 1 aliphatic rings. The zero-order chi connectivity index (χ0) is 15.2. The van der Waals surface area contributed by atoms with Crippen LogP contribution in [-0.2, 0) is 16.0 Å². The Hall–Kier alpha value is -2.17. The number of carbonyl (C=O) groups is 2. The molecule has 1 heterocycles. The Kier molecular flexibility index (Phi) is 5.09. The summed E-state index contributed by atoms with van der Waals surface area (Å²) in [6.45, 7) is 4.63. The van der Waals surface area contributed by atoms with Crippen LogP contribution < -0.4 is 5.32 Å². The molecule has 0 spiro atoms. The molecule has 5 heteroatoms. The van der Waals surface area contributed by atoms with E-state index in [2.05, 4.69) is 11.9 Å². The molecular formula is C16H19FN2O2. The highest BCUT2D eigenvalue weighted by Gasteiger charge is 2.26. The number of hydrogen-bond acceptors (Lipinski definition) is 2. The number of piperidine rings is 1. The van der Waals surface area contributed by atoms with E-state index in [1.54, 1.807) is 17.0 Å². The number of hydrogen-bond donors (Lipinski definition) is 1. The third-order valence-corrected chi connectivity index (χ3v) is 3.73. The van der Waals surface area contributed by atoms with Crippen LogP contribution in [0.4, 0.5) is 4.39 Å². The Bertz CT molecular complexity index is 520. The summed E-state index contributed by atoms with van der Waals surface area (Å²) in [5, 5.41) is 2.59. The van der Waals surface area contributed by atoms with Crippen LogP contribution in [0.3, 0.4) is 0 Å². The van der Waals surface area contributed by atoms with Gasteiger partial charge in [-0.3, -0.25) is 9.59 Å². The predicted octanol–water partition coefficient (Wildman–Crippen LogP) is 1.87. The van der Waals surface area contributed by atoms with Crippen LogP contribution in [0.2, 0.25) is 0 Å². The Morgan fingerprint density at radius 2 is 1.90 bits per heavy atom. The molecule has 1 fully saturated rings. The van der Waals surface area contributed by atoms with E-state index in [1.165, 1.54) is 18.3 Å². The van der Waals surface area contributed by atoms with Crippen LogP contribution in [0.1, 0.15) is 18.4 Å². The maximum absolute atomic E-state index is 12.8. The second kappa shape index (κ2) is 7.02. The maximum atomic E-state index is 12.8. The molecule has 0 radical (unpaired) electrons. The summed E-state index contributed by atoms with van der Waals surface area (Å²) in [7, 11) is 0. The van der Waals surface area contributed by atoms with Gasteiger partial charge in [-0.15, -0.1) is 0 Å². The Labute approximate surface area is 123 Å². The van der Waals surface area contributed by atoms with Crippen LogP contribution >= 0.6 is 0 Å². The van der Waals surface area contributed by atoms with Crippen molar-refractivity contribution in [2.24, 2.45) is 5.92 Å². The molecule has 4 nitrogen and oxygen atoms in total. The van der Waals surface area contributed by atoms with Crippen LogP contribution in [0.5, 0.6) is 0 Å². The molecule has 2 amide bonds. The van der Waals surface area contributed by atoms with Gasteiger partial charge < -0.3 is 10.2 Å². The third kappa shape index (κ3) is 4.15. The lowest BCUT2D eigenvalue weighted by Crippen LogP contribution is -2.42. The molecule has 0 bridgehead atoms. The monoisotopic (exact) mass is 290 g/mol. The summed E-state index contributed by atoms with van der Waals surface area (Å²) in [6.07, 6.45) is 2.97. The van der Waals surface area contributed by atoms with E-state index < -0.39 is 0 Å². The standard InChI is InChI=1S/C16H19FN2O2/c1-2-18-16(21)13-7-9-19(10-8-13)15(20)11-12-3-5-14(17)6-4-12/h2-6,13H,1,7-11H2,(H,18,21). The molecule has 1 saturated heterocycles. The van der Waals surface area contributed by atoms with Gasteiger partial charge in [-0.05, 0) is 36.7 Å². The normalized spacial score (nSPS) is 15.6. The fraction of sp³-hybridized carbons (Fsp3) is 0.375. The second-order valence-corrected chi connectivity index (χ2v) is 5.17. The van der Waals surface area contributed by atoms with Gasteiger partial charge in [0, 0.05) is 19.0 Å². The minimum absolute atomic E-state index is 0.0178. The summed E-state index contributed by atoms with van der Waals surface area (Å²) >= 11 is 0. The summed E-state index contributed by atoms with van der Waals surface area (Å²) < 4.78 is 12.8. The lowest BCUT2D eigenvalue weighted by molar-refractivity contribution is -0.134. The van der Waals surface area contributed by atoms with E-state index >= 15 is 0 Å². The maximum Gasteiger partial charge on any atom is 0.227 e. The molecule has 0 aromatic heterocycles. The molecule has 1 aromatic carbocycles. The molecule has 21 heavy (non-hydrogen) atoms. The van der Waals surface area contributed by atoms with E-state index in [0.717, 1.165) is 5.56 Å². The molecule has 112 valence electrons. The lowest BCUT2D eigenvalue weighted by Gasteiger charge is -2.31. The van der Waals surface area contributed by atoms with Crippen LogP contribution in [0.25, 0.3) is 0 Å². The minimum atomic E-state index is -0.305. The topological polar surface area (TPSA) is 49.4 Å². The SMILES string of the molecule is C=CNC(=O)C1CCN(C(=O)Cc2ccc(F)cc2)CC1. The number of nitrogens with zero attached hydrogens (tertiary/aromatic N) is 1. The van der Waals surface area contributed by atoms with Crippen molar-refractivity contribution in [3.8, 4) is 0 Å². The number of carbonyl (C=O) groups excluding carboxylic acids is 2. The average Bonchev–Trinajstić information content (AvgIpc) is 2.50. The lowest BCUT2D eigenvalue weighted by atomic mass is 9.95. The van der Waals surface area contributed by atoms with Crippen molar-refractivity contribution in [2.75, 3.05) is 13.1 Å². The van der Waals surface area contributed by atoms with Gasteiger partial charge in [0.25, 0.3) is 0 Å². The first-order valence-corrected chi connectivity index (χ1v) is 7.03. The predicted molar refractivity (Wildman–Crippen MR) is 77.7 cm³/mol. The van der Waals surface area contributed by atoms with E-state index in [-0.39, 0.29) is 30.0 Å². The fourth-order valence-corrected chi connectivity index (χ4v) is 2.50. The number of amides is 2. The van der Waals surface area contributed by atoms with E-state index in [1.807, 2.05) is 0 Å². The van der Waals surface area contributed by atoms with Crippen LogP contribution in [0, 0.1) is 11.7 Å². The van der Waals surface area contributed by atoms with Crippen molar-refractivity contribution in [2.45, 2.75) is 19.3 Å². The van der Waals surface area contributed by atoms with Gasteiger partial charge in [-0.25, -0.2) is 4.39 Å². The Morgan fingerprint density at radius 1 is 1.29 bits per heavy atom. The number of rotatable bonds is 4. The number of benzene rings is 1. The smallest absolute Gasteiger partial charge is 0.227 e. The highest BCUT2D eigenvalue weighted by atomic mass is 19.1. The first-order chi connectivity index (χ1) is 10.1. The molecule has 1 aliphatic heterocycles. The van der Waals surface area contributed by atoms with Crippen molar-refractivity contribution >= 4 is 11.8 Å². The fourth-order valence-electron chi connectivity index (χ4n) is 2.50. The van der Waals surface area contributed by atoms with Gasteiger partial charge in [0.2, 0.25) is 11.8 Å². The van der Waals surface area contributed by atoms with Gasteiger partial charge in [0.05, 0.1) is 6.42 Å². The van der Waals surface area contributed by atoms with Gasteiger partial charge in [0.15, 0.2) is 0 Å². The largest absolute Gasteiger partial charge is 0.342 e. The Morgan fingerprint density at radius 3 is 2.48 bits per heavy atom. The van der Waals surface area contributed by atoms with E-state index in [9.17, 15) is 14.0 Å². The van der Waals surface area contributed by atoms with E-state index in [0.29, 0.717) is 25.9 Å². The van der Waals surface area contributed by atoms with Crippen molar-refractivity contribution in [1.82, 2.24) is 10.2 Å². The van der Waals surface area contributed by atoms with Crippen molar-refractivity contribution in [3.05, 3.63) is 48.4 Å². The number of likely N-dealkylation sites (tertiary alicyclic amines) is 1. The second-order valence-electron chi connectivity index (χ2n) is 5.17. The summed E-state index contributed by atoms with van der Waals surface area (Å²) in [5.74, 6) is -0.377. The van der Waals surface area contributed by atoms with Crippen molar-refractivity contribution in [1.29, 1.82) is 0 Å². The highest BCUT2D eigenvalue weighted by molar-refractivity contribution is 5.81. The zero-order valence-electron chi connectivity index (χ0n) is 11.8. The summed E-state index contributed by atoms with van der Waals surface area (Å²) in [5.41, 5.74) is 0.799. The van der Waals surface area contributed by atoms with Crippen LogP contribution in [0.15, 0.2) is 37.0 Å². The molecule has 1 aromatic rings. The molecular weight excluding hydrogens is 271 g/mol. The summed E-state index contributed by atoms with van der Waals surface area (Å²) in [4.78, 5) is 25.6. The van der Waals surface area contributed by atoms with Crippen molar-refractivity contribution in [3.63, 3.8) is 0 Å². The van der Waals surface area contributed by atoms with Gasteiger partial charge in [-0.2, -0.15) is 0 Å². The van der Waals surface area contributed by atoms with E-state index in [4.69, 9.17) is 0 Å². The number of halogens is 1. The molecule has 1 N–H and O–H groups in total. The third-order valence-electron chi connectivity index (χ3n) is 3.73. The molecule has 0 saturated carbocycles. The van der Waals surface area contributed by atoms with Gasteiger partial charge in [-0.1, -0.05) is 18.7 Å². The average molecular weight is 290 g/mol. The van der Waals surface area contributed by atoms with Gasteiger partial charge >= 0.3 is 0 Å². The van der Waals surface area contributed by atoms with Crippen molar-refractivity contribution < 1.29 is 14.0 Å². The zero-order valence-corrected chi connectivity index (χ0v) is 11.8. The Balaban J connectivity index is 1.84. The molecule has 0 atom stereocenters. The highest BCUT2D eigenvalue weighted by Crippen LogP contribution is 2.18. The first-order valence-electron chi connectivity index (χ1n) is 7.03. The number of nitrogens with one attached hydrogen (secondary N) is 1. The molecule has 2 rings (SSSR count). The first kappa shape index (κ1) is 15.2. The van der Waals surface area contributed by atoms with Crippen LogP contribution in [-0.4, -0.2) is 29.8 Å². The molecule has 0 unspecified atom stereocenters. The minimum Gasteiger partial charge on any atom is -0.342 e. The van der Waals surface area contributed by atoms with Gasteiger partial charge in [0.1, 0.15) is 5.82 Å². The quantitative estimate of drug-likeness (QED) is 0.920. The molecule has 0 aliphatic carbocycles. The summed E-state index contributed by atoms with van der Waals surface area (Å²) in [6, 6.07) is 5.96.